The molecule has 94 valence electrons. The van der Waals surface area contributed by atoms with Crippen LogP contribution < -0.4 is 0 Å². The lowest BCUT2D eigenvalue weighted by atomic mass is 9.99. The molecule has 2 heteroatoms. The van der Waals surface area contributed by atoms with Crippen LogP contribution in [0.15, 0.2) is 43.1 Å². The molecule has 1 aromatic rings. The Kier molecular flexibility index (Phi) is 3.66. The van der Waals surface area contributed by atoms with Crippen molar-refractivity contribution >= 4 is 11.5 Å². The van der Waals surface area contributed by atoms with Gasteiger partial charge in [-0.3, -0.25) is 4.79 Å². The fourth-order valence-electron chi connectivity index (χ4n) is 2.15. The standard InChI is InChI=1S/C16H19NO/c1-4-16(18)17-10-9-15(11-17)14-7-5-13(6-8-14)12(2)3/h4-8,11-12H,1,9-10H2,2-3H3. The fraction of sp³-hybridized carbons (Fsp3) is 0.312. The minimum absolute atomic E-state index is 0.0243. The number of benzene rings is 1. The SMILES string of the molecule is C=CC(=O)N1C=C(c2ccc(C(C)C)cc2)CC1. The largest absolute Gasteiger partial charge is 0.315 e. The van der Waals surface area contributed by atoms with E-state index in [4.69, 9.17) is 0 Å². The quantitative estimate of drug-likeness (QED) is 0.741. The molecule has 0 aromatic heterocycles. The van der Waals surface area contributed by atoms with Crippen LogP contribution in [0.2, 0.25) is 0 Å². The minimum atomic E-state index is -0.0243. The van der Waals surface area contributed by atoms with Gasteiger partial charge in [0.1, 0.15) is 0 Å². The summed E-state index contributed by atoms with van der Waals surface area (Å²) < 4.78 is 0. The number of carbonyl (C=O) groups excluding carboxylic acids is 1. The maximum Gasteiger partial charge on any atom is 0.249 e. The Balaban J connectivity index is 2.18. The molecule has 0 bridgehead atoms. The average Bonchev–Trinajstić information content (AvgIpc) is 2.87. The van der Waals surface area contributed by atoms with E-state index in [9.17, 15) is 4.79 Å². The molecule has 0 N–H and O–H groups in total. The predicted molar refractivity (Wildman–Crippen MR) is 75.0 cm³/mol. The van der Waals surface area contributed by atoms with Crippen molar-refractivity contribution in [3.63, 3.8) is 0 Å². The van der Waals surface area contributed by atoms with Gasteiger partial charge in [-0.05, 0) is 35.1 Å². The topological polar surface area (TPSA) is 20.3 Å². The minimum Gasteiger partial charge on any atom is -0.315 e. The van der Waals surface area contributed by atoms with Crippen molar-refractivity contribution in [2.75, 3.05) is 6.54 Å². The number of hydrogen-bond acceptors (Lipinski definition) is 1. The number of amides is 1. The maximum absolute atomic E-state index is 11.5. The number of carbonyl (C=O) groups is 1. The molecule has 18 heavy (non-hydrogen) atoms. The number of rotatable bonds is 3. The molecule has 1 aliphatic heterocycles. The fourth-order valence-corrected chi connectivity index (χ4v) is 2.15. The molecule has 0 spiro atoms. The summed E-state index contributed by atoms with van der Waals surface area (Å²) in [6.07, 6.45) is 4.22. The first-order valence-electron chi connectivity index (χ1n) is 6.36. The van der Waals surface area contributed by atoms with E-state index in [-0.39, 0.29) is 5.91 Å². The molecule has 0 radical (unpaired) electrons. The lowest BCUT2D eigenvalue weighted by Crippen LogP contribution is -2.20. The monoisotopic (exact) mass is 241 g/mol. The zero-order chi connectivity index (χ0) is 13.1. The molecule has 0 aliphatic carbocycles. The molecule has 1 aliphatic rings. The lowest BCUT2D eigenvalue weighted by molar-refractivity contribution is -0.123. The van der Waals surface area contributed by atoms with Crippen molar-refractivity contribution in [2.45, 2.75) is 26.2 Å². The van der Waals surface area contributed by atoms with E-state index in [2.05, 4.69) is 44.7 Å². The van der Waals surface area contributed by atoms with Crippen LogP contribution in [0.3, 0.4) is 0 Å². The molecule has 0 saturated carbocycles. The van der Waals surface area contributed by atoms with Crippen molar-refractivity contribution in [1.29, 1.82) is 0 Å². The first-order valence-corrected chi connectivity index (χ1v) is 6.36. The van der Waals surface area contributed by atoms with Crippen LogP contribution in [0.1, 0.15) is 37.3 Å². The van der Waals surface area contributed by atoms with Crippen molar-refractivity contribution in [2.24, 2.45) is 0 Å². The van der Waals surface area contributed by atoms with Crippen molar-refractivity contribution in [3.05, 3.63) is 54.2 Å². The smallest absolute Gasteiger partial charge is 0.249 e. The van der Waals surface area contributed by atoms with E-state index in [0.717, 1.165) is 13.0 Å². The van der Waals surface area contributed by atoms with E-state index in [0.29, 0.717) is 5.92 Å². The highest BCUT2D eigenvalue weighted by Gasteiger charge is 2.17. The van der Waals surface area contributed by atoms with Crippen LogP contribution in [0.5, 0.6) is 0 Å². The second kappa shape index (κ2) is 5.21. The average molecular weight is 241 g/mol. The summed E-state index contributed by atoms with van der Waals surface area (Å²) in [5.74, 6) is 0.527. The molecule has 0 unspecified atom stereocenters. The molecule has 2 nitrogen and oxygen atoms in total. The molecule has 0 atom stereocenters. The van der Waals surface area contributed by atoms with Gasteiger partial charge in [-0.15, -0.1) is 0 Å². The summed E-state index contributed by atoms with van der Waals surface area (Å²) in [5, 5.41) is 0. The molecule has 0 saturated heterocycles. The highest BCUT2D eigenvalue weighted by atomic mass is 16.2. The van der Waals surface area contributed by atoms with E-state index in [1.807, 2.05) is 6.20 Å². The normalized spacial score (nSPS) is 14.8. The molecule has 1 amide bonds. The first-order chi connectivity index (χ1) is 8.61. The van der Waals surface area contributed by atoms with Gasteiger partial charge in [-0.25, -0.2) is 0 Å². The van der Waals surface area contributed by atoms with E-state index in [1.54, 1.807) is 4.90 Å². The van der Waals surface area contributed by atoms with Crippen LogP contribution in [0.25, 0.3) is 5.57 Å². The van der Waals surface area contributed by atoms with Gasteiger partial charge in [-0.1, -0.05) is 44.7 Å². The predicted octanol–water partition coefficient (Wildman–Crippen LogP) is 3.57. The van der Waals surface area contributed by atoms with Crippen molar-refractivity contribution < 1.29 is 4.79 Å². The van der Waals surface area contributed by atoms with Crippen LogP contribution in [-0.4, -0.2) is 17.4 Å². The number of nitrogens with zero attached hydrogens (tertiary/aromatic N) is 1. The van der Waals surface area contributed by atoms with Crippen LogP contribution in [0.4, 0.5) is 0 Å². The Labute approximate surface area is 109 Å². The maximum atomic E-state index is 11.5. The van der Waals surface area contributed by atoms with Gasteiger partial charge in [0, 0.05) is 12.7 Å². The molecule has 0 fully saturated rings. The molecular weight excluding hydrogens is 222 g/mol. The third-order valence-electron chi connectivity index (χ3n) is 3.34. The third-order valence-corrected chi connectivity index (χ3v) is 3.34. The zero-order valence-corrected chi connectivity index (χ0v) is 11.0. The van der Waals surface area contributed by atoms with Crippen LogP contribution >= 0.6 is 0 Å². The van der Waals surface area contributed by atoms with Gasteiger partial charge in [0.25, 0.3) is 0 Å². The highest BCUT2D eigenvalue weighted by Crippen LogP contribution is 2.26. The van der Waals surface area contributed by atoms with E-state index >= 15 is 0 Å². The molecule has 1 heterocycles. The van der Waals surface area contributed by atoms with Gasteiger partial charge >= 0.3 is 0 Å². The molecular formula is C16H19NO. The van der Waals surface area contributed by atoms with Crippen molar-refractivity contribution in [3.8, 4) is 0 Å². The van der Waals surface area contributed by atoms with E-state index < -0.39 is 0 Å². The second-order valence-corrected chi connectivity index (χ2v) is 4.92. The summed E-state index contributed by atoms with van der Waals surface area (Å²) in [4.78, 5) is 13.2. The summed E-state index contributed by atoms with van der Waals surface area (Å²) in [6.45, 7) is 8.65. The summed E-state index contributed by atoms with van der Waals surface area (Å²) in [6, 6.07) is 8.61. The van der Waals surface area contributed by atoms with Gasteiger partial charge < -0.3 is 4.90 Å². The molecule has 1 aromatic carbocycles. The van der Waals surface area contributed by atoms with Gasteiger partial charge in [0.15, 0.2) is 0 Å². The lowest BCUT2D eigenvalue weighted by Gasteiger charge is -2.08. The van der Waals surface area contributed by atoms with Gasteiger partial charge in [0.2, 0.25) is 5.91 Å². The Morgan fingerprint density at radius 2 is 2.00 bits per heavy atom. The van der Waals surface area contributed by atoms with Gasteiger partial charge in [0.05, 0.1) is 0 Å². The van der Waals surface area contributed by atoms with Gasteiger partial charge in [-0.2, -0.15) is 0 Å². The Morgan fingerprint density at radius 1 is 1.33 bits per heavy atom. The zero-order valence-electron chi connectivity index (χ0n) is 11.0. The van der Waals surface area contributed by atoms with E-state index in [1.165, 1.54) is 22.8 Å². The Hall–Kier alpha value is -1.83. The Bertz CT molecular complexity index is 482. The second-order valence-electron chi connectivity index (χ2n) is 4.92. The summed E-state index contributed by atoms with van der Waals surface area (Å²) >= 11 is 0. The third kappa shape index (κ3) is 2.53. The van der Waals surface area contributed by atoms with Crippen LogP contribution in [0, 0.1) is 0 Å². The highest BCUT2D eigenvalue weighted by molar-refractivity contribution is 5.90. The summed E-state index contributed by atoms with van der Waals surface area (Å²) in [7, 11) is 0. The molecule has 2 rings (SSSR count). The van der Waals surface area contributed by atoms with Crippen LogP contribution in [-0.2, 0) is 4.79 Å². The first kappa shape index (κ1) is 12.6. The Morgan fingerprint density at radius 3 is 2.56 bits per heavy atom. The number of hydrogen-bond donors (Lipinski definition) is 0. The summed E-state index contributed by atoms with van der Waals surface area (Å²) in [5.41, 5.74) is 3.77. The van der Waals surface area contributed by atoms with Crippen molar-refractivity contribution in [1.82, 2.24) is 4.90 Å².